The molecular weight excluding hydrogens is 252 g/mol. The van der Waals surface area contributed by atoms with Crippen molar-refractivity contribution in [1.29, 1.82) is 0 Å². The van der Waals surface area contributed by atoms with Gasteiger partial charge in [-0.3, -0.25) is 0 Å². The van der Waals surface area contributed by atoms with E-state index in [1.54, 1.807) is 0 Å². The van der Waals surface area contributed by atoms with Gasteiger partial charge in [0.25, 0.3) is 0 Å². The maximum atomic E-state index is 6.36. The fourth-order valence-corrected chi connectivity index (χ4v) is 6.20. The first kappa shape index (κ1) is 19.1. The quantitative estimate of drug-likeness (QED) is 0.548. The molecule has 0 unspecified atom stereocenters. The molecule has 0 bridgehead atoms. The van der Waals surface area contributed by atoms with Crippen molar-refractivity contribution >= 4 is 8.56 Å². The van der Waals surface area contributed by atoms with E-state index in [-0.39, 0.29) is 5.04 Å². The van der Waals surface area contributed by atoms with E-state index < -0.39 is 8.56 Å². The fourth-order valence-electron chi connectivity index (χ4n) is 2.07. The highest BCUT2D eigenvalue weighted by atomic mass is 28.4. The Hall–Kier alpha value is 0.137. The summed E-state index contributed by atoms with van der Waals surface area (Å²) in [7, 11) is -2.15. The molecule has 0 saturated heterocycles. The summed E-state index contributed by atoms with van der Waals surface area (Å²) in [5.74, 6) is 0. The van der Waals surface area contributed by atoms with E-state index in [4.69, 9.17) is 8.85 Å². The summed E-state index contributed by atoms with van der Waals surface area (Å²) in [6.45, 7) is 19.8. The van der Waals surface area contributed by atoms with Gasteiger partial charge in [-0.05, 0) is 30.7 Å². The Kier molecular flexibility index (Phi) is 7.85. The van der Waals surface area contributed by atoms with Gasteiger partial charge in [-0.15, -0.1) is 0 Å². The monoisotopic (exact) mass is 288 g/mol. The molecule has 2 nitrogen and oxygen atoms in total. The molecule has 0 aromatic carbocycles. The van der Waals surface area contributed by atoms with E-state index in [0.29, 0.717) is 5.41 Å². The average Bonchev–Trinajstić information content (AvgIpc) is 2.25. The molecule has 0 radical (unpaired) electrons. The van der Waals surface area contributed by atoms with Crippen molar-refractivity contribution in [3.8, 4) is 0 Å². The zero-order chi connectivity index (χ0) is 15.2. The van der Waals surface area contributed by atoms with Crippen molar-refractivity contribution < 1.29 is 8.85 Å². The maximum Gasteiger partial charge on any atom is 0.343 e. The lowest BCUT2D eigenvalue weighted by Gasteiger charge is -2.42. The van der Waals surface area contributed by atoms with Crippen LogP contribution in [0.4, 0.5) is 0 Å². The van der Waals surface area contributed by atoms with Gasteiger partial charge in [0.2, 0.25) is 0 Å². The first-order valence-corrected chi connectivity index (χ1v) is 9.88. The van der Waals surface area contributed by atoms with Gasteiger partial charge < -0.3 is 8.85 Å². The van der Waals surface area contributed by atoms with Crippen LogP contribution in [0.3, 0.4) is 0 Å². The van der Waals surface area contributed by atoms with Crippen molar-refractivity contribution in [2.75, 3.05) is 13.2 Å². The highest BCUT2D eigenvalue weighted by Gasteiger charge is 2.49. The lowest BCUT2D eigenvalue weighted by molar-refractivity contribution is 0.142. The van der Waals surface area contributed by atoms with Gasteiger partial charge in [0.1, 0.15) is 0 Å². The molecule has 0 N–H and O–H groups in total. The van der Waals surface area contributed by atoms with Crippen LogP contribution in [0.15, 0.2) is 0 Å². The zero-order valence-electron chi connectivity index (χ0n) is 14.6. The predicted octanol–water partition coefficient (Wildman–Crippen LogP) is 5.52. The third-order valence-corrected chi connectivity index (χ3v) is 7.96. The van der Waals surface area contributed by atoms with Crippen LogP contribution in [0, 0.1) is 5.41 Å². The van der Waals surface area contributed by atoms with Crippen LogP contribution in [0.5, 0.6) is 0 Å². The van der Waals surface area contributed by atoms with Crippen molar-refractivity contribution in [2.24, 2.45) is 5.41 Å². The smallest absolute Gasteiger partial charge is 0.343 e. The van der Waals surface area contributed by atoms with E-state index in [9.17, 15) is 0 Å². The van der Waals surface area contributed by atoms with Gasteiger partial charge in [0, 0.05) is 18.3 Å². The van der Waals surface area contributed by atoms with Gasteiger partial charge in [-0.1, -0.05) is 55.4 Å². The summed E-state index contributed by atoms with van der Waals surface area (Å²) < 4.78 is 12.7. The Bertz CT molecular complexity index is 230. The maximum absolute atomic E-state index is 6.36. The molecule has 0 amide bonds. The zero-order valence-corrected chi connectivity index (χ0v) is 15.6. The molecule has 0 spiro atoms. The van der Waals surface area contributed by atoms with Gasteiger partial charge in [-0.25, -0.2) is 0 Å². The highest BCUT2D eigenvalue weighted by Crippen LogP contribution is 2.43. The van der Waals surface area contributed by atoms with E-state index in [1.807, 2.05) is 0 Å². The van der Waals surface area contributed by atoms with E-state index in [1.165, 1.54) is 6.42 Å². The second-order valence-electron chi connectivity index (χ2n) is 7.76. The summed E-state index contributed by atoms with van der Waals surface area (Å²) in [6, 6.07) is 1.10. The third-order valence-electron chi connectivity index (χ3n) is 3.43. The van der Waals surface area contributed by atoms with Crippen molar-refractivity contribution in [3.63, 3.8) is 0 Å². The van der Waals surface area contributed by atoms with E-state index in [2.05, 4.69) is 55.4 Å². The molecule has 0 fully saturated rings. The largest absolute Gasteiger partial charge is 0.394 e. The first-order chi connectivity index (χ1) is 8.58. The fraction of sp³-hybridized carbons (Fsp3) is 1.00. The van der Waals surface area contributed by atoms with E-state index in [0.717, 1.165) is 32.1 Å². The minimum Gasteiger partial charge on any atom is -0.394 e. The Morgan fingerprint density at radius 3 is 1.47 bits per heavy atom. The second-order valence-corrected chi connectivity index (χ2v) is 11.8. The van der Waals surface area contributed by atoms with Gasteiger partial charge in [0.15, 0.2) is 0 Å². The molecule has 0 aliphatic heterocycles. The molecule has 0 heterocycles. The minimum absolute atomic E-state index is 0.128. The van der Waals surface area contributed by atoms with Crippen LogP contribution in [0.1, 0.15) is 74.7 Å². The molecule has 19 heavy (non-hydrogen) atoms. The molecule has 0 saturated carbocycles. The summed E-state index contributed by atoms with van der Waals surface area (Å²) in [4.78, 5) is 0. The predicted molar refractivity (Wildman–Crippen MR) is 86.8 cm³/mol. The summed E-state index contributed by atoms with van der Waals surface area (Å²) in [5.41, 5.74) is 0.342. The Labute approximate surface area is 122 Å². The lowest BCUT2D eigenvalue weighted by atomic mass is 9.94. The van der Waals surface area contributed by atoms with Crippen LogP contribution in [-0.2, 0) is 8.85 Å². The minimum atomic E-state index is -2.15. The molecule has 0 aromatic rings. The molecular formula is C16H36O2Si. The van der Waals surface area contributed by atoms with Crippen LogP contribution in [0.25, 0.3) is 0 Å². The van der Waals surface area contributed by atoms with Crippen molar-refractivity contribution in [3.05, 3.63) is 0 Å². The first-order valence-electron chi connectivity index (χ1n) is 7.86. The molecule has 0 aliphatic rings. The molecule has 116 valence electrons. The Morgan fingerprint density at radius 2 is 1.21 bits per heavy atom. The lowest BCUT2D eigenvalue weighted by Crippen LogP contribution is -2.51. The second kappa shape index (κ2) is 7.80. The van der Waals surface area contributed by atoms with Crippen molar-refractivity contribution in [2.45, 2.75) is 85.7 Å². The summed E-state index contributed by atoms with van der Waals surface area (Å²) >= 11 is 0. The van der Waals surface area contributed by atoms with Gasteiger partial charge in [-0.2, -0.15) is 0 Å². The van der Waals surface area contributed by atoms with Gasteiger partial charge >= 0.3 is 8.56 Å². The van der Waals surface area contributed by atoms with Crippen LogP contribution >= 0.6 is 0 Å². The highest BCUT2D eigenvalue weighted by molar-refractivity contribution is 6.70. The average molecular weight is 289 g/mol. The topological polar surface area (TPSA) is 18.5 Å². The van der Waals surface area contributed by atoms with Crippen LogP contribution < -0.4 is 0 Å². The van der Waals surface area contributed by atoms with Crippen LogP contribution in [-0.4, -0.2) is 21.8 Å². The SMILES string of the molecule is CCCO[Si](CCC(C)(C)C)(OCCC)C(C)(C)C. The third kappa shape index (κ3) is 6.91. The van der Waals surface area contributed by atoms with Crippen molar-refractivity contribution in [1.82, 2.24) is 0 Å². The summed E-state index contributed by atoms with van der Waals surface area (Å²) in [6.07, 6.45) is 3.30. The molecule has 3 heteroatoms. The number of hydrogen-bond donors (Lipinski definition) is 0. The normalized spacial score (nSPS) is 13.9. The van der Waals surface area contributed by atoms with Gasteiger partial charge in [0.05, 0.1) is 0 Å². The molecule has 0 atom stereocenters. The standard InChI is InChI=1S/C16H36O2Si/c1-9-12-17-19(16(6,7)8,18-13-10-2)14-11-15(3,4)5/h9-14H2,1-8H3. The molecule has 0 rings (SSSR count). The Balaban J connectivity index is 5.00. The number of rotatable bonds is 8. The molecule has 0 aromatic heterocycles. The number of hydrogen-bond acceptors (Lipinski definition) is 2. The van der Waals surface area contributed by atoms with E-state index >= 15 is 0 Å². The molecule has 0 aliphatic carbocycles. The Morgan fingerprint density at radius 1 is 0.789 bits per heavy atom. The van der Waals surface area contributed by atoms with Crippen LogP contribution in [0.2, 0.25) is 11.1 Å². The summed E-state index contributed by atoms with van der Waals surface area (Å²) in [5, 5.41) is 0.128.